The number of imide groups is 2. The highest BCUT2D eigenvalue weighted by Crippen LogP contribution is 2.36. The Hall–Kier alpha value is -2.62. The molecule has 1 fully saturated rings. The van der Waals surface area contributed by atoms with Crippen LogP contribution < -0.4 is 5.32 Å². The van der Waals surface area contributed by atoms with Crippen LogP contribution in [-0.4, -0.2) is 46.1 Å². The van der Waals surface area contributed by atoms with Crippen LogP contribution in [0.15, 0.2) is 18.2 Å². The summed E-state index contributed by atoms with van der Waals surface area (Å²) in [5.41, 5.74) is -1.77. The summed E-state index contributed by atoms with van der Waals surface area (Å²) in [6, 6.07) is 1.11. The van der Waals surface area contributed by atoms with E-state index in [-0.39, 0.29) is 5.02 Å². The van der Waals surface area contributed by atoms with Crippen LogP contribution >= 0.6 is 11.6 Å². The first-order valence-electron chi connectivity index (χ1n) is 7.29. The number of carbonyl (C=O) groups is 4. The number of rotatable bonds is 4. The average Bonchev–Trinajstić information content (AvgIpc) is 2.71. The van der Waals surface area contributed by atoms with E-state index in [1.54, 1.807) is 0 Å². The van der Waals surface area contributed by atoms with Crippen molar-refractivity contribution in [2.45, 2.75) is 26.1 Å². The highest BCUT2D eigenvalue weighted by Gasteiger charge is 2.46. The first-order chi connectivity index (χ1) is 11.9. The maximum absolute atomic E-state index is 13.0. The standard InChI is InChI=1S/C15H13ClF3N3O4/c1-7(2)22-13(25)12(24)21(14(22)26)6-11(23)20-10-4-3-8(16)5-9(10)15(17,18)19/h3-5,7H,6H2,1-2H3,(H,20,23). The van der Waals surface area contributed by atoms with Crippen LogP contribution in [0.4, 0.5) is 23.7 Å². The second-order valence-electron chi connectivity index (χ2n) is 5.68. The fourth-order valence-electron chi connectivity index (χ4n) is 2.31. The molecule has 1 N–H and O–H groups in total. The van der Waals surface area contributed by atoms with Gasteiger partial charge in [-0.1, -0.05) is 11.6 Å². The van der Waals surface area contributed by atoms with E-state index in [9.17, 15) is 32.3 Å². The van der Waals surface area contributed by atoms with E-state index in [1.165, 1.54) is 13.8 Å². The number of anilines is 1. The van der Waals surface area contributed by atoms with Crippen molar-refractivity contribution in [2.75, 3.05) is 11.9 Å². The van der Waals surface area contributed by atoms with Crippen molar-refractivity contribution in [1.29, 1.82) is 0 Å². The van der Waals surface area contributed by atoms with Crippen LogP contribution in [0.2, 0.25) is 5.02 Å². The minimum absolute atomic E-state index is 0.182. The zero-order valence-corrected chi connectivity index (χ0v) is 14.3. The highest BCUT2D eigenvalue weighted by atomic mass is 35.5. The molecule has 0 aromatic heterocycles. The first kappa shape index (κ1) is 19.7. The molecule has 7 nitrogen and oxygen atoms in total. The second-order valence-corrected chi connectivity index (χ2v) is 6.12. The Morgan fingerprint density at radius 3 is 2.31 bits per heavy atom. The fraction of sp³-hybridized carbons (Fsp3) is 0.333. The van der Waals surface area contributed by atoms with Crippen molar-refractivity contribution < 1.29 is 32.3 Å². The Labute approximate surface area is 150 Å². The van der Waals surface area contributed by atoms with E-state index in [1.807, 2.05) is 5.32 Å². The van der Waals surface area contributed by atoms with Crippen molar-refractivity contribution in [3.05, 3.63) is 28.8 Å². The van der Waals surface area contributed by atoms with E-state index in [4.69, 9.17) is 11.6 Å². The van der Waals surface area contributed by atoms with E-state index in [2.05, 4.69) is 0 Å². The lowest BCUT2D eigenvalue weighted by molar-refractivity contribution is -0.144. The molecule has 1 aromatic rings. The zero-order chi connectivity index (χ0) is 19.8. The molecule has 0 bridgehead atoms. The van der Waals surface area contributed by atoms with Crippen LogP contribution in [0.25, 0.3) is 0 Å². The Morgan fingerprint density at radius 2 is 1.81 bits per heavy atom. The molecular formula is C15H13ClF3N3O4. The third-order valence-electron chi connectivity index (χ3n) is 3.46. The molecule has 0 radical (unpaired) electrons. The first-order valence-corrected chi connectivity index (χ1v) is 7.67. The van der Waals surface area contributed by atoms with Crippen LogP contribution in [0.5, 0.6) is 0 Å². The molecule has 1 saturated heterocycles. The molecule has 1 aromatic carbocycles. The lowest BCUT2D eigenvalue weighted by Gasteiger charge is -2.19. The maximum Gasteiger partial charge on any atom is 0.418 e. The number of alkyl halides is 3. The normalized spacial score (nSPS) is 15.3. The number of carbonyl (C=O) groups excluding carboxylic acids is 4. The molecule has 1 aliphatic heterocycles. The summed E-state index contributed by atoms with van der Waals surface area (Å²) < 4.78 is 39.1. The molecule has 0 spiro atoms. The number of nitrogens with one attached hydrogen (secondary N) is 1. The van der Waals surface area contributed by atoms with E-state index in [0.717, 1.165) is 12.1 Å². The molecule has 1 aliphatic rings. The average molecular weight is 392 g/mol. The lowest BCUT2D eigenvalue weighted by atomic mass is 10.1. The molecule has 5 amide bonds. The van der Waals surface area contributed by atoms with Crippen molar-refractivity contribution in [3.8, 4) is 0 Å². The molecule has 11 heteroatoms. The van der Waals surface area contributed by atoms with Crippen LogP contribution in [0.1, 0.15) is 19.4 Å². The van der Waals surface area contributed by atoms with Gasteiger partial charge in [-0.3, -0.25) is 19.3 Å². The van der Waals surface area contributed by atoms with Gasteiger partial charge >= 0.3 is 24.0 Å². The molecule has 1 heterocycles. The Morgan fingerprint density at radius 1 is 1.19 bits per heavy atom. The monoisotopic (exact) mass is 391 g/mol. The van der Waals surface area contributed by atoms with Crippen LogP contribution in [0.3, 0.4) is 0 Å². The van der Waals surface area contributed by atoms with Gasteiger partial charge < -0.3 is 5.32 Å². The van der Waals surface area contributed by atoms with Gasteiger partial charge in [0.05, 0.1) is 11.3 Å². The van der Waals surface area contributed by atoms with Gasteiger partial charge in [-0.05, 0) is 32.0 Å². The summed E-state index contributed by atoms with van der Waals surface area (Å²) >= 11 is 5.54. The quantitative estimate of drug-likeness (QED) is 0.631. The predicted octanol–water partition coefficient (Wildman–Crippen LogP) is 2.50. The minimum Gasteiger partial charge on any atom is -0.324 e. The molecule has 26 heavy (non-hydrogen) atoms. The topological polar surface area (TPSA) is 86.8 Å². The van der Waals surface area contributed by atoms with Gasteiger partial charge in [0.1, 0.15) is 6.54 Å². The minimum atomic E-state index is -4.78. The number of hydrogen-bond acceptors (Lipinski definition) is 4. The molecule has 0 saturated carbocycles. The predicted molar refractivity (Wildman–Crippen MR) is 84.2 cm³/mol. The van der Waals surface area contributed by atoms with Gasteiger partial charge in [-0.15, -0.1) is 0 Å². The van der Waals surface area contributed by atoms with Gasteiger partial charge in [0.25, 0.3) is 0 Å². The van der Waals surface area contributed by atoms with Crippen molar-refractivity contribution in [3.63, 3.8) is 0 Å². The molecule has 0 unspecified atom stereocenters. The summed E-state index contributed by atoms with van der Waals surface area (Å²) in [6.07, 6.45) is -4.78. The smallest absolute Gasteiger partial charge is 0.324 e. The van der Waals surface area contributed by atoms with Gasteiger partial charge in [-0.2, -0.15) is 13.2 Å². The van der Waals surface area contributed by atoms with Crippen molar-refractivity contribution in [1.82, 2.24) is 9.80 Å². The third kappa shape index (κ3) is 3.79. The summed E-state index contributed by atoms with van der Waals surface area (Å²) in [6.45, 7) is 2.10. The van der Waals surface area contributed by atoms with E-state index < -0.39 is 53.8 Å². The summed E-state index contributed by atoms with van der Waals surface area (Å²) in [5, 5.41) is 1.80. The number of amides is 5. The summed E-state index contributed by atoms with van der Waals surface area (Å²) in [4.78, 5) is 48.7. The Bertz CT molecular complexity index is 795. The fourth-order valence-corrected chi connectivity index (χ4v) is 2.48. The van der Waals surface area contributed by atoms with Crippen LogP contribution in [0, 0.1) is 0 Å². The molecule has 2 rings (SSSR count). The van der Waals surface area contributed by atoms with E-state index in [0.29, 0.717) is 15.9 Å². The Kier molecular flexibility index (Phi) is 5.26. The SMILES string of the molecule is CC(C)N1C(=O)C(=O)N(CC(=O)Nc2ccc(Cl)cc2C(F)(F)F)C1=O. The molecule has 140 valence electrons. The number of halogens is 4. The zero-order valence-electron chi connectivity index (χ0n) is 13.6. The largest absolute Gasteiger partial charge is 0.418 e. The second kappa shape index (κ2) is 6.94. The van der Waals surface area contributed by atoms with Gasteiger partial charge in [0.15, 0.2) is 0 Å². The Balaban J connectivity index is 2.19. The lowest BCUT2D eigenvalue weighted by Crippen LogP contribution is -2.40. The molecular weight excluding hydrogens is 379 g/mol. The number of benzene rings is 1. The van der Waals surface area contributed by atoms with Crippen molar-refractivity contribution in [2.24, 2.45) is 0 Å². The van der Waals surface area contributed by atoms with Gasteiger partial charge in [0.2, 0.25) is 5.91 Å². The molecule has 0 atom stereocenters. The molecule has 0 aliphatic carbocycles. The van der Waals surface area contributed by atoms with E-state index >= 15 is 0 Å². The van der Waals surface area contributed by atoms with Gasteiger partial charge in [0, 0.05) is 11.1 Å². The van der Waals surface area contributed by atoms with Crippen LogP contribution in [-0.2, 0) is 20.6 Å². The highest BCUT2D eigenvalue weighted by molar-refractivity contribution is 6.45. The number of hydrogen-bond donors (Lipinski definition) is 1. The van der Waals surface area contributed by atoms with Crippen molar-refractivity contribution >= 4 is 41.0 Å². The summed E-state index contributed by atoms with van der Waals surface area (Å²) in [5.74, 6) is -3.38. The van der Waals surface area contributed by atoms with Gasteiger partial charge in [-0.25, -0.2) is 9.69 Å². The third-order valence-corrected chi connectivity index (χ3v) is 3.70. The number of urea groups is 1. The summed E-state index contributed by atoms with van der Waals surface area (Å²) in [7, 11) is 0. The number of nitrogens with zero attached hydrogens (tertiary/aromatic N) is 2. The maximum atomic E-state index is 13.0.